The number of hydrogen-bond donors (Lipinski definition) is 2. The summed E-state index contributed by atoms with van der Waals surface area (Å²) in [5.41, 5.74) is 0.662. The second-order valence-electron chi connectivity index (χ2n) is 6.71. The van der Waals surface area contributed by atoms with Crippen LogP contribution in [0.3, 0.4) is 0 Å². The topological polar surface area (TPSA) is 84.8 Å². The lowest BCUT2D eigenvalue weighted by molar-refractivity contribution is 0.0597. The lowest BCUT2D eigenvalue weighted by Gasteiger charge is -2.51. The van der Waals surface area contributed by atoms with Crippen molar-refractivity contribution in [2.45, 2.75) is 58.8 Å². The molecule has 0 radical (unpaired) electrons. The molecular formula is C13H24N2O3S. The van der Waals surface area contributed by atoms with Gasteiger partial charge in [-0.2, -0.15) is 0 Å². The Hall–Kier alpha value is -0.750. The molecule has 2 N–H and O–H groups in total. The van der Waals surface area contributed by atoms with E-state index >= 15 is 0 Å². The molecule has 1 aliphatic carbocycles. The summed E-state index contributed by atoms with van der Waals surface area (Å²) in [7, 11) is 0. The van der Waals surface area contributed by atoms with Crippen molar-refractivity contribution in [3.63, 3.8) is 0 Å². The molecule has 1 unspecified atom stereocenters. The number of hydrogen-bond acceptors (Lipinski definition) is 3. The second kappa shape index (κ2) is 5.32. The number of nitrogens with zero attached hydrogens (tertiary/aromatic N) is 1. The molecule has 1 rings (SSSR count). The highest BCUT2D eigenvalue weighted by molar-refractivity contribution is 7.91. The van der Waals surface area contributed by atoms with Gasteiger partial charge in [0, 0.05) is 12.0 Å². The first kappa shape index (κ1) is 16.3. The molecule has 0 saturated heterocycles. The fourth-order valence-corrected chi connectivity index (χ4v) is 3.02. The molecule has 0 heterocycles. The lowest BCUT2D eigenvalue weighted by Crippen LogP contribution is -2.60. The van der Waals surface area contributed by atoms with Gasteiger partial charge in [0.05, 0.1) is 5.71 Å². The van der Waals surface area contributed by atoms with Gasteiger partial charge in [0.1, 0.15) is 16.1 Å². The van der Waals surface area contributed by atoms with E-state index in [1.165, 1.54) is 0 Å². The fraction of sp³-hybridized carbons (Fsp3) is 0.846. The SMILES string of the molecule is CC(=N[S+]([O-])C(C)(C)C)[C@@H]1C[C@H](NC(=O)O)C1(C)C. The van der Waals surface area contributed by atoms with Crippen molar-refractivity contribution in [1.29, 1.82) is 0 Å². The molecular weight excluding hydrogens is 264 g/mol. The molecule has 0 aliphatic heterocycles. The maximum Gasteiger partial charge on any atom is 0.404 e. The van der Waals surface area contributed by atoms with Crippen molar-refractivity contribution in [3.05, 3.63) is 0 Å². The molecule has 0 aromatic carbocycles. The number of amides is 1. The minimum atomic E-state index is -1.26. The molecule has 0 aromatic rings. The maximum absolute atomic E-state index is 12.0. The second-order valence-corrected chi connectivity index (χ2v) is 8.61. The first-order chi connectivity index (χ1) is 8.46. The van der Waals surface area contributed by atoms with E-state index in [-0.39, 0.29) is 22.1 Å². The van der Waals surface area contributed by atoms with Crippen LogP contribution in [0.15, 0.2) is 4.40 Å². The van der Waals surface area contributed by atoms with Gasteiger partial charge in [-0.1, -0.05) is 18.2 Å². The Morgan fingerprint density at radius 3 is 2.37 bits per heavy atom. The minimum absolute atomic E-state index is 0.0665. The van der Waals surface area contributed by atoms with E-state index < -0.39 is 17.5 Å². The predicted molar refractivity (Wildman–Crippen MR) is 77.8 cm³/mol. The van der Waals surface area contributed by atoms with E-state index in [0.29, 0.717) is 0 Å². The quantitative estimate of drug-likeness (QED) is 0.618. The van der Waals surface area contributed by atoms with Gasteiger partial charge in [0.25, 0.3) is 0 Å². The number of carboxylic acid groups (broad SMARTS) is 1. The van der Waals surface area contributed by atoms with Crippen LogP contribution >= 0.6 is 0 Å². The average molecular weight is 288 g/mol. The van der Waals surface area contributed by atoms with Gasteiger partial charge in [-0.15, -0.1) is 0 Å². The molecule has 1 saturated carbocycles. The zero-order valence-electron chi connectivity index (χ0n) is 12.5. The Balaban J connectivity index is 2.74. The van der Waals surface area contributed by atoms with Gasteiger partial charge in [-0.3, -0.25) is 0 Å². The standard InChI is InChI=1S/C13H24N2O3S/c1-8(15-19(18)12(2,3)4)9-7-10(13(9,5)6)14-11(16)17/h9-10,14H,7H2,1-6H3,(H,16,17)/t9-,10-,19?/m0/s1. The third-order valence-corrected chi connectivity index (χ3v) is 5.32. The van der Waals surface area contributed by atoms with Gasteiger partial charge in [-0.05, 0) is 39.5 Å². The largest absolute Gasteiger partial charge is 0.591 e. The maximum atomic E-state index is 12.0. The summed E-state index contributed by atoms with van der Waals surface area (Å²) in [6.07, 6.45) is -0.278. The van der Waals surface area contributed by atoms with Crippen LogP contribution in [0.2, 0.25) is 0 Å². The molecule has 1 fully saturated rings. The Morgan fingerprint density at radius 1 is 1.47 bits per heavy atom. The van der Waals surface area contributed by atoms with Gasteiger partial charge in [-0.25, -0.2) is 4.79 Å². The van der Waals surface area contributed by atoms with E-state index in [9.17, 15) is 9.35 Å². The zero-order valence-corrected chi connectivity index (χ0v) is 13.3. The summed E-state index contributed by atoms with van der Waals surface area (Å²) in [6.45, 7) is 11.6. The van der Waals surface area contributed by atoms with Crippen LogP contribution in [-0.4, -0.2) is 32.3 Å². The van der Waals surface area contributed by atoms with Gasteiger partial charge < -0.3 is 15.0 Å². The van der Waals surface area contributed by atoms with Gasteiger partial charge >= 0.3 is 6.09 Å². The normalized spacial score (nSPS) is 28.5. The van der Waals surface area contributed by atoms with Crippen LogP contribution in [0.25, 0.3) is 0 Å². The minimum Gasteiger partial charge on any atom is -0.591 e. The molecule has 1 amide bonds. The Morgan fingerprint density at radius 2 is 2.00 bits per heavy atom. The third-order valence-electron chi connectivity index (χ3n) is 3.82. The lowest BCUT2D eigenvalue weighted by atomic mass is 9.57. The molecule has 5 nitrogen and oxygen atoms in total. The molecule has 0 bridgehead atoms. The third kappa shape index (κ3) is 3.63. The van der Waals surface area contributed by atoms with Crippen LogP contribution in [-0.2, 0) is 11.4 Å². The van der Waals surface area contributed by atoms with E-state index in [4.69, 9.17) is 5.11 Å². The summed E-state index contributed by atoms with van der Waals surface area (Å²) >= 11 is -1.26. The first-order valence-corrected chi connectivity index (χ1v) is 7.53. The summed E-state index contributed by atoms with van der Waals surface area (Å²) in [5, 5.41) is 11.3. The summed E-state index contributed by atoms with van der Waals surface area (Å²) in [4.78, 5) is 10.7. The Bertz CT molecular complexity index is 388. The van der Waals surface area contributed by atoms with Crippen molar-refractivity contribution in [2.24, 2.45) is 15.7 Å². The van der Waals surface area contributed by atoms with Crippen molar-refractivity contribution >= 4 is 23.2 Å². The molecule has 1 aliphatic rings. The van der Waals surface area contributed by atoms with Crippen LogP contribution in [0.1, 0.15) is 48.0 Å². The summed E-state index contributed by atoms with van der Waals surface area (Å²) in [6, 6.07) is -0.0665. The van der Waals surface area contributed by atoms with Crippen LogP contribution in [0.5, 0.6) is 0 Å². The van der Waals surface area contributed by atoms with Crippen LogP contribution in [0, 0.1) is 11.3 Å². The Labute approximate surface area is 118 Å². The first-order valence-electron chi connectivity index (χ1n) is 6.43. The van der Waals surface area contributed by atoms with Crippen molar-refractivity contribution < 1.29 is 14.5 Å². The smallest absolute Gasteiger partial charge is 0.404 e. The Kier molecular flexibility index (Phi) is 4.57. The molecule has 0 spiro atoms. The van der Waals surface area contributed by atoms with Crippen LogP contribution < -0.4 is 5.32 Å². The molecule has 19 heavy (non-hydrogen) atoms. The molecule has 110 valence electrons. The molecule has 6 heteroatoms. The summed E-state index contributed by atoms with van der Waals surface area (Å²) < 4.78 is 15.9. The van der Waals surface area contributed by atoms with Crippen molar-refractivity contribution in [2.75, 3.05) is 0 Å². The van der Waals surface area contributed by atoms with E-state index in [0.717, 1.165) is 12.1 Å². The van der Waals surface area contributed by atoms with Crippen LogP contribution in [0.4, 0.5) is 4.79 Å². The van der Waals surface area contributed by atoms with Gasteiger partial charge in [0.15, 0.2) is 0 Å². The highest BCUT2D eigenvalue weighted by Crippen LogP contribution is 2.47. The monoisotopic (exact) mass is 288 g/mol. The summed E-state index contributed by atoms with van der Waals surface area (Å²) in [5.74, 6) is 0.177. The number of nitrogens with one attached hydrogen (secondary N) is 1. The predicted octanol–water partition coefficient (Wildman–Crippen LogP) is 2.59. The van der Waals surface area contributed by atoms with E-state index in [2.05, 4.69) is 9.71 Å². The average Bonchev–Trinajstić information content (AvgIpc) is 2.21. The fourth-order valence-electron chi connectivity index (χ4n) is 2.36. The molecule has 0 aromatic heterocycles. The number of carbonyl (C=O) groups is 1. The van der Waals surface area contributed by atoms with Crippen molar-refractivity contribution in [3.8, 4) is 0 Å². The van der Waals surface area contributed by atoms with Crippen molar-refractivity contribution in [1.82, 2.24) is 5.32 Å². The highest BCUT2D eigenvalue weighted by atomic mass is 32.2. The van der Waals surface area contributed by atoms with Gasteiger partial charge in [0.2, 0.25) is 0 Å². The molecule has 3 atom stereocenters. The van der Waals surface area contributed by atoms with E-state index in [1.807, 2.05) is 41.5 Å². The van der Waals surface area contributed by atoms with E-state index in [1.54, 1.807) is 0 Å². The zero-order chi connectivity index (χ0) is 15.0. The highest BCUT2D eigenvalue weighted by Gasteiger charge is 2.50. The number of rotatable bonds is 3.